The van der Waals surface area contributed by atoms with Crippen LogP contribution in [0.25, 0.3) is 0 Å². The number of hydrogen-bond donors (Lipinski definition) is 0. The molecule has 1 aromatic carbocycles. The van der Waals surface area contributed by atoms with Gasteiger partial charge in [-0.2, -0.15) is 0 Å². The zero-order chi connectivity index (χ0) is 13.9. The Morgan fingerprint density at radius 1 is 1.33 bits per heavy atom. The molecule has 18 heavy (non-hydrogen) atoms. The Hall–Kier alpha value is -2.11. The fourth-order valence-electron chi connectivity index (χ4n) is 1.50. The predicted octanol–water partition coefficient (Wildman–Crippen LogP) is 2.15. The van der Waals surface area contributed by atoms with Crippen LogP contribution in [0.15, 0.2) is 12.1 Å². The van der Waals surface area contributed by atoms with Gasteiger partial charge >= 0.3 is 5.97 Å². The molecule has 0 heterocycles. The summed E-state index contributed by atoms with van der Waals surface area (Å²) in [5, 5.41) is 10.8. The third-order valence-corrected chi connectivity index (χ3v) is 2.53. The van der Waals surface area contributed by atoms with Crippen molar-refractivity contribution in [2.24, 2.45) is 0 Å². The molecule has 0 bridgehead atoms. The highest BCUT2D eigenvalue weighted by atomic mass is 16.6. The third-order valence-electron chi connectivity index (χ3n) is 2.53. The van der Waals surface area contributed by atoms with Crippen LogP contribution in [-0.4, -0.2) is 24.1 Å². The van der Waals surface area contributed by atoms with E-state index in [4.69, 9.17) is 4.74 Å². The number of nitro groups is 1. The Balaban J connectivity index is 3.02. The predicted molar refractivity (Wildman–Crippen MR) is 64.7 cm³/mol. The van der Waals surface area contributed by atoms with E-state index in [1.807, 2.05) is 0 Å². The largest absolute Gasteiger partial charge is 0.479 e. The summed E-state index contributed by atoms with van der Waals surface area (Å²) in [6.45, 7) is 4.86. The third kappa shape index (κ3) is 2.97. The average Bonchev–Trinajstić information content (AvgIpc) is 2.31. The number of ether oxygens (including phenoxy) is 2. The molecular weight excluding hydrogens is 238 g/mol. The van der Waals surface area contributed by atoms with E-state index in [1.54, 1.807) is 26.8 Å². The van der Waals surface area contributed by atoms with Gasteiger partial charge in [0, 0.05) is 11.6 Å². The van der Waals surface area contributed by atoms with Crippen LogP contribution in [0.5, 0.6) is 5.75 Å². The molecule has 1 aromatic rings. The lowest BCUT2D eigenvalue weighted by Gasteiger charge is -2.14. The maximum atomic E-state index is 11.2. The molecule has 0 aromatic heterocycles. The van der Waals surface area contributed by atoms with E-state index in [-0.39, 0.29) is 5.69 Å². The lowest BCUT2D eigenvalue weighted by molar-refractivity contribution is -0.385. The summed E-state index contributed by atoms with van der Waals surface area (Å²) >= 11 is 0. The first kappa shape index (κ1) is 14.0. The molecule has 0 aliphatic heterocycles. The monoisotopic (exact) mass is 253 g/mol. The van der Waals surface area contributed by atoms with Crippen LogP contribution in [0, 0.1) is 24.0 Å². The van der Waals surface area contributed by atoms with Gasteiger partial charge in [0.05, 0.1) is 12.0 Å². The standard InChI is InChI=1S/C12H15NO5/c1-7-6-11(18-9(3)12(14)17-4)8(2)5-10(7)13(15)16/h5-6,9H,1-4H3/t9-/m0/s1. The van der Waals surface area contributed by atoms with Crippen molar-refractivity contribution >= 4 is 11.7 Å². The number of carbonyl (C=O) groups excluding carboxylic acids is 1. The van der Waals surface area contributed by atoms with Gasteiger partial charge in [-0.25, -0.2) is 4.79 Å². The Kier molecular flexibility index (Phi) is 4.25. The number of hydrogen-bond acceptors (Lipinski definition) is 5. The fourth-order valence-corrected chi connectivity index (χ4v) is 1.50. The van der Waals surface area contributed by atoms with Crippen LogP contribution < -0.4 is 4.74 Å². The van der Waals surface area contributed by atoms with Crippen molar-refractivity contribution in [1.82, 2.24) is 0 Å². The second-order valence-corrected chi connectivity index (χ2v) is 3.94. The Morgan fingerprint density at radius 2 is 1.94 bits per heavy atom. The van der Waals surface area contributed by atoms with Crippen molar-refractivity contribution in [1.29, 1.82) is 0 Å². The first-order chi connectivity index (χ1) is 8.36. The van der Waals surface area contributed by atoms with Gasteiger partial charge in [0.15, 0.2) is 6.10 Å². The summed E-state index contributed by atoms with van der Waals surface area (Å²) in [5.74, 6) is -0.0543. The number of nitrogens with zero attached hydrogens (tertiary/aromatic N) is 1. The van der Waals surface area contributed by atoms with Crippen molar-refractivity contribution in [3.05, 3.63) is 33.4 Å². The quantitative estimate of drug-likeness (QED) is 0.466. The summed E-state index contributed by atoms with van der Waals surface area (Å²) in [6, 6.07) is 2.97. The molecule has 0 radical (unpaired) electrons. The van der Waals surface area contributed by atoms with Crippen LogP contribution in [0.4, 0.5) is 5.69 Å². The second-order valence-electron chi connectivity index (χ2n) is 3.94. The average molecular weight is 253 g/mol. The van der Waals surface area contributed by atoms with Gasteiger partial charge in [-0.05, 0) is 32.4 Å². The maximum absolute atomic E-state index is 11.2. The molecule has 0 spiro atoms. The van der Waals surface area contributed by atoms with Crippen molar-refractivity contribution in [2.45, 2.75) is 26.9 Å². The smallest absolute Gasteiger partial charge is 0.346 e. The second kappa shape index (κ2) is 5.48. The molecule has 0 N–H and O–H groups in total. The van der Waals surface area contributed by atoms with E-state index >= 15 is 0 Å². The highest BCUT2D eigenvalue weighted by molar-refractivity contribution is 5.74. The molecule has 0 saturated carbocycles. The van der Waals surface area contributed by atoms with Gasteiger partial charge in [0.1, 0.15) is 5.75 Å². The maximum Gasteiger partial charge on any atom is 0.346 e. The summed E-state index contributed by atoms with van der Waals surface area (Å²) < 4.78 is 9.96. The van der Waals surface area contributed by atoms with Gasteiger partial charge < -0.3 is 9.47 Å². The molecule has 1 atom stereocenters. The van der Waals surface area contributed by atoms with Crippen molar-refractivity contribution < 1.29 is 19.2 Å². The first-order valence-electron chi connectivity index (χ1n) is 5.37. The SMILES string of the molecule is COC(=O)[C@H](C)Oc1cc(C)c([N+](=O)[O-])cc1C. The Labute approximate surface area is 105 Å². The van der Waals surface area contributed by atoms with E-state index in [9.17, 15) is 14.9 Å². The number of nitro benzene ring substituents is 1. The zero-order valence-corrected chi connectivity index (χ0v) is 10.7. The van der Waals surface area contributed by atoms with Crippen molar-refractivity contribution in [3.8, 4) is 5.75 Å². The number of benzene rings is 1. The van der Waals surface area contributed by atoms with Crippen LogP contribution in [0.2, 0.25) is 0 Å². The molecule has 6 heteroatoms. The molecule has 0 unspecified atom stereocenters. The van der Waals surface area contributed by atoms with Gasteiger partial charge in [-0.3, -0.25) is 10.1 Å². The lowest BCUT2D eigenvalue weighted by atomic mass is 10.1. The van der Waals surface area contributed by atoms with Crippen molar-refractivity contribution in [3.63, 3.8) is 0 Å². The number of aryl methyl sites for hydroxylation is 2. The number of methoxy groups -OCH3 is 1. The molecular formula is C12H15NO5. The van der Waals surface area contributed by atoms with E-state index < -0.39 is 17.0 Å². The number of esters is 1. The van der Waals surface area contributed by atoms with E-state index in [0.29, 0.717) is 16.9 Å². The zero-order valence-electron chi connectivity index (χ0n) is 10.7. The van der Waals surface area contributed by atoms with E-state index in [1.165, 1.54) is 13.2 Å². The lowest BCUT2D eigenvalue weighted by Crippen LogP contribution is -2.25. The summed E-state index contributed by atoms with van der Waals surface area (Å²) in [5.41, 5.74) is 1.12. The molecule has 1 rings (SSSR count). The first-order valence-corrected chi connectivity index (χ1v) is 5.37. The minimum Gasteiger partial charge on any atom is -0.479 e. The van der Waals surface area contributed by atoms with Gasteiger partial charge in [-0.1, -0.05) is 0 Å². The van der Waals surface area contributed by atoms with Gasteiger partial charge in [0.2, 0.25) is 0 Å². The molecule has 0 saturated heterocycles. The van der Waals surface area contributed by atoms with E-state index in [0.717, 1.165) is 0 Å². The normalized spacial score (nSPS) is 11.8. The Morgan fingerprint density at radius 3 is 2.44 bits per heavy atom. The van der Waals surface area contributed by atoms with Gasteiger partial charge in [0.25, 0.3) is 5.69 Å². The fraction of sp³-hybridized carbons (Fsp3) is 0.417. The van der Waals surface area contributed by atoms with Gasteiger partial charge in [-0.15, -0.1) is 0 Å². The minimum atomic E-state index is -0.755. The molecule has 0 aliphatic rings. The van der Waals surface area contributed by atoms with Crippen LogP contribution in [0.1, 0.15) is 18.1 Å². The number of carbonyl (C=O) groups is 1. The van der Waals surface area contributed by atoms with Crippen molar-refractivity contribution in [2.75, 3.05) is 7.11 Å². The number of rotatable bonds is 4. The topological polar surface area (TPSA) is 78.7 Å². The highest BCUT2D eigenvalue weighted by Gasteiger charge is 2.19. The highest BCUT2D eigenvalue weighted by Crippen LogP contribution is 2.28. The van der Waals surface area contributed by atoms with Crippen LogP contribution in [-0.2, 0) is 9.53 Å². The molecule has 0 amide bonds. The molecule has 98 valence electrons. The van der Waals surface area contributed by atoms with Crippen LogP contribution in [0.3, 0.4) is 0 Å². The molecule has 6 nitrogen and oxygen atoms in total. The Bertz CT molecular complexity index is 484. The molecule has 0 aliphatic carbocycles. The summed E-state index contributed by atoms with van der Waals surface area (Å²) in [6.07, 6.45) is -0.755. The van der Waals surface area contributed by atoms with Crippen LogP contribution >= 0.6 is 0 Å². The summed E-state index contributed by atoms with van der Waals surface area (Å²) in [7, 11) is 1.27. The minimum absolute atomic E-state index is 0.0329. The molecule has 0 fully saturated rings. The van der Waals surface area contributed by atoms with E-state index in [2.05, 4.69) is 4.74 Å². The summed E-state index contributed by atoms with van der Waals surface area (Å²) in [4.78, 5) is 21.5.